The van der Waals surface area contributed by atoms with Gasteiger partial charge in [-0.3, -0.25) is 0 Å². The summed E-state index contributed by atoms with van der Waals surface area (Å²) in [4.78, 5) is 11.5. The molecule has 1 aliphatic heterocycles. The summed E-state index contributed by atoms with van der Waals surface area (Å²) in [5.74, 6) is -3.89. The molecule has 1 saturated heterocycles. The van der Waals surface area contributed by atoms with E-state index in [0.717, 1.165) is 7.11 Å². The Morgan fingerprint density at radius 3 is 2.58 bits per heavy atom. The molecule has 7 heteroatoms. The number of hydrogen-bond acceptors (Lipinski definition) is 7. The Hall–Kier alpha value is -0.730. The zero-order chi connectivity index (χ0) is 14.8. The number of esters is 1. The van der Waals surface area contributed by atoms with Gasteiger partial charge in [-0.2, -0.15) is 0 Å². The van der Waals surface area contributed by atoms with Gasteiger partial charge in [0.2, 0.25) is 0 Å². The minimum absolute atomic E-state index is 0.278. The Balaban J connectivity index is 2.94. The molecule has 0 aromatic heterocycles. The molecule has 0 aliphatic carbocycles. The lowest BCUT2D eigenvalue weighted by Crippen LogP contribution is -2.60. The van der Waals surface area contributed by atoms with E-state index in [4.69, 9.17) is 4.74 Å². The van der Waals surface area contributed by atoms with Gasteiger partial charge in [-0.1, -0.05) is 13.8 Å². The molecule has 1 aliphatic rings. The highest BCUT2D eigenvalue weighted by Crippen LogP contribution is 2.34. The number of aliphatic hydroxyl groups is 4. The van der Waals surface area contributed by atoms with Crippen molar-refractivity contribution in [2.45, 2.75) is 56.9 Å². The van der Waals surface area contributed by atoms with Crippen molar-refractivity contribution in [1.29, 1.82) is 0 Å². The number of aliphatic hydroxyl groups excluding tert-OH is 3. The monoisotopic (exact) mass is 278 g/mol. The van der Waals surface area contributed by atoms with Crippen LogP contribution in [-0.2, 0) is 14.3 Å². The second-order valence-corrected chi connectivity index (χ2v) is 4.96. The average molecular weight is 278 g/mol. The summed E-state index contributed by atoms with van der Waals surface area (Å²) in [5.41, 5.74) is 0. The van der Waals surface area contributed by atoms with Crippen LogP contribution in [-0.4, -0.2) is 63.7 Å². The van der Waals surface area contributed by atoms with Crippen molar-refractivity contribution >= 4 is 5.97 Å². The molecule has 0 saturated carbocycles. The minimum atomic E-state index is -2.31. The third-order valence-electron chi connectivity index (χ3n) is 3.60. The molecule has 112 valence electrons. The third-order valence-corrected chi connectivity index (χ3v) is 3.60. The Morgan fingerprint density at radius 2 is 2.11 bits per heavy atom. The molecule has 0 aromatic carbocycles. The topological polar surface area (TPSA) is 116 Å². The van der Waals surface area contributed by atoms with Crippen LogP contribution in [0.3, 0.4) is 0 Å². The molecular formula is C12H22O7. The number of ether oxygens (including phenoxy) is 2. The van der Waals surface area contributed by atoms with Crippen LogP contribution in [0.2, 0.25) is 0 Å². The van der Waals surface area contributed by atoms with Crippen molar-refractivity contribution in [1.82, 2.24) is 0 Å². The van der Waals surface area contributed by atoms with Gasteiger partial charge in [0.15, 0.2) is 0 Å². The first-order valence-electron chi connectivity index (χ1n) is 6.29. The molecule has 0 spiro atoms. The lowest BCUT2D eigenvalue weighted by molar-refractivity contribution is -0.302. The van der Waals surface area contributed by atoms with Crippen molar-refractivity contribution < 1.29 is 34.7 Å². The summed E-state index contributed by atoms with van der Waals surface area (Å²) < 4.78 is 9.63. The van der Waals surface area contributed by atoms with Gasteiger partial charge in [0.25, 0.3) is 5.79 Å². The van der Waals surface area contributed by atoms with Gasteiger partial charge in [0, 0.05) is 12.3 Å². The van der Waals surface area contributed by atoms with Crippen LogP contribution in [0.5, 0.6) is 0 Å². The second kappa shape index (κ2) is 6.15. The Kier molecular flexibility index (Phi) is 5.28. The summed E-state index contributed by atoms with van der Waals surface area (Å²) in [6, 6.07) is 0. The predicted molar refractivity (Wildman–Crippen MR) is 63.9 cm³/mol. The lowest BCUT2D eigenvalue weighted by atomic mass is 9.84. The molecule has 4 N–H and O–H groups in total. The van der Waals surface area contributed by atoms with Gasteiger partial charge in [0.05, 0.1) is 25.4 Å². The van der Waals surface area contributed by atoms with Crippen molar-refractivity contribution in [2.75, 3.05) is 7.11 Å². The molecule has 0 amide bonds. The first-order chi connectivity index (χ1) is 8.76. The average Bonchev–Trinajstić information content (AvgIpc) is 2.40. The predicted octanol–water partition coefficient (Wildman–Crippen LogP) is -1.23. The van der Waals surface area contributed by atoms with Gasteiger partial charge in [-0.15, -0.1) is 0 Å². The van der Waals surface area contributed by atoms with E-state index < -0.39 is 42.1 Å². The molecule has 0 bridgehead atoms. The Labute approximate surface area is 111 Å². The quantitative estimate of drug-likeness (QED) is 0.475. The first-order valence-corrected chi connectivity index (χ1v) is 6.29. The van der Waals surface area contributed by atoms with Crippen molar-refractivity contribution in [3.63, 3.8) is 0 Å². The Bertz CT molecular complexity index is 321. The molecule has 0 aromatic rings. The first kappa shape index (κ1) is 16.3. The maximum absolute atomic E-state index is 11.5. The fraction of sp³-hybridized carbons (Fsp3) is 0.917. The van der Waals surface area contributed by atoms with Crippen LogP contribution in [0.4, 0.5) is 0 Å². The molecule has 1 rings (SSSR count). The van der Waals surface area contributed by atoms with E-state index in [9.17, 15) is 25.2 Å². The number of hydrogen-bond donors (Lipinski definition) is 4. The molecule has 1 heterocycles. The van der Waals surface area contributed by atoms with Gasteiger partial charge in [-0.05, 0) is 6.42 Å². The minimum Gasteiger partial charge on any atom is -0.465 e. The zero-order valence-corrected chi connectivity index (χ0v) is 11.3. The maximum Gasteiger partial charge on any atom is 0.366 e. The van der Waals surface area contributed by atoms with Crippen LogP contribution >= 0.6 is 0 Å². The van der Waals surface area contributed by atoms with E-state index in [0.29, 0.717) is 0 Å². The maximum atomic E-state index is 11.5. The van der Waals surface area contributed by atoms with Crippen LogP contribution in [0.25, 0.3) is 0 Å². The molecule has 3 unspecified atom stereocenters. The van der Waals surface area contributed by atoms with Gasteiger partial charge in [0.1, 0.15) is 6.10 Å². The highest BCUT2D eigenvalue weighted by molar-refractivity contribution is 5.77. The van der Waals surface area contributed by atoms with E-state index in [-0.39, 0.29) is 12.8 Å². The van der Waals surface area contributed by atoms with E-state index in [1.165, 1.54) is 0 Å². The molecular weight excluding hydrogens is 256 g/mol. The lowest BCUT2D eigenvalue weighted by Gasteiger charge is -2.43. The van der Waals surface area contributed by atoms with Crippen molar-refractivity contribution in [2.24, 2.45) is 5.92 Å². The summed E-state index contributed by atoms with van der Waals surface area (Å²) in [6.07, 6.45) is -4.57. The summed E-state index contributed by atoms with van der Waals surface area (Å²) in [5, 5.41) is 39.6. The number of methoxy groups -OCH3 is 1. The highest BCUT2D eigenvalue weighted by atomic mass is 16.7. The zero-order valence-electron chi connectivity index (χ0n) is 11.3. The number of rotatable bonds is 4. The fourth-order valence-electron chi connectivity index (χ4n) is 2.20. The van der Waals surface area contributed by atoms with Crippen LogP contribution < -0.4 is 0 Å². The normalized spacial score (nSPS) is 38.6. The molecule has 1 fully saturated rings. The van der Waals surface area contributed by atoms with Gasteiger partial charge >= 0.3 is 5.97 Å². The molecule has 19 heavy (non-hydrogen) atoms. The number of carbonyl (C=O) groups is 1. The van der Waals surface area contributed by atoms with Crippen LogP contribution in [0, 0.1) is 5.92 Å². The standard InChI is InChI=1S/C12H22O7/c1-4-7(13)9(15)10-6(2)8(14)5-12(17,19-10)11(16)18-3/h6-10,13-15,17H,4-5H2,1-3H3/t6-,7?,8-,9?,10?,12-/m1/s1. The Morgan fingerprint density at radius 1 is 1.53 bits per heavy atom. The summed E-state index contributed by atoms with van der Waals surface area (Å²) in [7, 11) is 1.08. The number of carbonyl (C=O) groups excluding carboxylic acids is 1. The summed E-state index contributed by atoms with van der Waals surface area (Å²) >= 11 is 0. The van der Waals surface area contributed by atoms with Crippen molar-refractivity contribution in [3.05, 3.63) is 0 Å². The highest BCUT2D eigenvalue weighted by Gasteiger charge is 2.52. The fourth-order valence-corrected chi connectivity index (χ4v) is 2.20. The van der Waals surface area contributed by atoms with Gasteiger partial charge < -0.3 is 29.9 Å². The second-order valence-electron chi connectivity index (χ2n) is 4.96. The van der Waals surface area contributed by atoms with E-state index in [1.54, 1.807) is 13.8 Å². The molecule has 0 radical (unpaired) electrons. The largest absolute Gasteiger partial charge is 0.465 e. The smallest absolute Gasteiger partial charge is 0.366 e. The van der Waals surface area contributed by atoms with Crippen molar-refractivity contribution in [3.8, 4) is 0 Å². The van der Waals surface area contributed by atoms with E-state index in [2.05, 4.69) is 4.74 Å². The van der Waals surface area contributed by atoms with E-state index >= 15 is 0 Å². The third kappa shape index (κ3) is 3.24. The molecule has 6 atom stereocenters. The van der Waals surface area contributed by atoms with Crippen LogP contribution in [0.1, 0.15) is 26.7 Å². The van der Waals surface area contributed by atoms with Gasteiger partial charge in [-0.25, -0.2) is 4.79 Å². The molecule has 7 nitrogen and oxygen atoms in total. The summed E-state index contributed by atoms with van der Waals surface area (Å²) in [6.45, 7) is 3.28. The van der Waals surface area contributed by atoms with E-state index in [1.807, 2.05) is 0 Å². The SMILES string of the molecule is CCC(O)C(O)C1O[C@@](O)(C(=O)OC)C[C@@H](O)[C@H]1C. The van der Waals surface area contributed by atoms with Crippen LogP contribution in [0.15, 0.2) is 0 Å².